The van der Waals surface area contributed by atoms with Crippen LogP contribution in [0.4, 0.5) is 5.69 Å². The SMILES string of the molecule is COC(=O)C(SC1=Nc2ccccc2CS1)c1ccccc1. The number of para-hydroxylation sites is 1. The maximum absolute atomic E-state index is 12.1. The number of carbonyl (C=O) groups excluding carboxylic acids is 1. The number of esters is 1. The first kappa shape index (κ1) is 15.2. The van der Waals surface area contributed by atoms with Gasteiger partial charge in [-0.2, -0.15) is 0 Å². The zero-order valence-corrected chi connectivity index (χ0v) is 13.7. The van der Waals surface area contributed by atoms with Crippen molar-refractivity contribution in [2.24, 2.45) is 4.99 Å². The lowest BCUT2D eigenvalue weighted by atomic mass is 10.1. The van der Waals surface area contributed by atoms with Gasteiger partial charge in [-0.3, -0.25) is 4.79 Å². The molecular formula is C17H15NO2S2. The van der Waals surface area contributed by atoms with E-state index in [1.54, 1.807) is 11.8 Å². The van der Waals surface area contributed by atoms with Crippen molar-refractivity contribution in [2.45, 2.75) is 11.0 Å². The second kappa shape index (κ2) is 7.03. The standard InChI is InChI=1S/C17H15NO2S2/c1-20-16(19)15(12-7-3-2-4-8-12)22-17-18-14-10-6-5-9-13(14)11-21-17/h2-10,15H,11H2,1H3. The Hall–Kier alpha value is -1.72. The van der Waals surface area contributed by atoms with Gasteiger partial charge in [-0.05, 0) is 17.2 Å². The molecule has 1 aliphatic heterocycles. The minimum Gasteiger partial charge on any atom is -0.468 e. The number of hydrogen-bond acceptors (Lipinski definition) is 5. The van der Waals surface area contributed by atoms with Crippen LogP contribution in [0, 0.1) is 0 Å². The number of aliphatic imine (C=N–C) groups is 1. The summed E-state index contributed by atoms with van der Waals surface area (Å²) in [6.45, 7) is 0. The average Bonchev–Trinajstić information content (AvgIpc) is 2.59. The van der Waals surface area contributed by atoms with Gasteiger partial charge in [0.15, 0.2) is 0 Å². The van der Waals surface area contributed by atoms with Crippen molar-refractivity contribution >= 4 is 39.6 Å². The fraction of sp³-hybridized carbons (Fsp3) is 0.176. The first-order valence-corrected chi connectivity index (χ1v) is 8.73. The maximum Gasteiger partial charge on any atom is 0.323 e. The average molecular weight is 329 g/mol. The molecule has 112 valence electrons. The Balaban J connectivity index is 1.86. The summed E-state index contributed by atoms with van der Waals surface area (Å²) < 4.78 is 5.85. The van der Waals surface area contributed by atoms with Crippen LogP contribution < -0.4 is 0 Å². The van der Waals surface area contributed by atoms with Crippen molar-refractivity contribution in [3.63, 3.8) is 0 Å². The Kier molecular flexibility index (Phi) is 4.85. The van der Waals surface area contributed by atoms with E-state index in [1.165, 1.54) is 24.4 Å². The maximum atomic E-state index is 12.1. The molecule has 0 saturated heterocycles. The molecule has 1 unspecified atom stereocenters. The zero-order valence-electron chi connectivity index (χ0n) is 12.1. The third-order valence-electron chi connectivity index (χ3n) is 3.29. The summed E-state index contributed by atoms with van der Waals surface area (Å²) in [6.07, 6.45) is 0. The number of thioether (sulfide) groups is 2. The van der Waals surface area contributed by atoms with Gasteiger partial charge in [0.05, 0.1) is 12.8 Å². The van der Waals surface area contributed by atoms with Gasteiger partial charge in [0, 0.05) is 5.75 Å². The van der Waals surface area contributed by atoms with Gasteiger partial charge >= 0.3 is 5.97 Å². The third kappa shape index (κ3) is 3.36. The van der Waals surface area contributed by atoms with E-state index in [-0.39, 0.29) is 11.2 Å². The van der Waals surface area contributed by atoms with Crippen LogP contribution in [-0.4, -0.2) is 17.5 Å². The number of nitrogens with zero attached hydrogens (tertiary/aromatic N) is 1. The van der Waals surface area contributed by atoms with Gasteiger partial charge in [0.1, 0.15) is 9.63 Å². The molecule has 1 heterocycles. The molecule has 3 rings (SSSR count). The quantitative estimate of drug-likeness (QED) is 0.773. The lowest BCUT2D eigenvalue weighted by Crippen LogP contribution is -2.13. The normalized spacial score (nSPS) is 14.7. The molecule has 1 atom stereocenters. The molecule has 0 N–H and O–H groups in total. The Labute approximate surface area is 138 Å². The number of methoxy groups -OCH3 is 1. The van der Waals surface area contributed by atoms with Gasteiger partial charge < -0.3 is 4.74 Å². The minimum atomic E-state index is -0.386. The lowest BCUT2D eigenvalue weighted by Gasteiger charge is -2.18. The molecule has 0 aromatic heterocycles. The van der Waals surface area contributed by atoms with Crippen molar-refractivity contribution in [3.8, 4) is 0 Å². The van der Waals surface area contributed by atoms with Crippen LogP contribution in [-0.2, 0) is 15.3 Å². The van der Waals surface area contributed by atoms with Crippen LogP contribution in [0.25, 0.3) is 0 Å². The number of rotatable bonds is 3. The first-order chi connectivity index (χ1) is 10.8. The van der Waals surface area contributed by atoms with E-state index in [4.69, 9.17) is 4.74 Å². The summed E-state index contributed by atoms with van der Waals surface area (Å²) in [7, 11) is 1.42. The Bertz CT molecular complexity index is 701. The summed E-state index contributed by atoms with van der Waals surface area (Å²) in [5, 5.41) is -0.386. The smallest absolute Gasteiger partial charge is 0.323 e. The predicted octanol–water partition coefficient (Wildman–Crippen LogP) is 4.57. The molecule has 0 bridgehead atoms. The Morgan fingerprint density at radius 2 is 1.91 bits per heavy atom. The molecule has 3 nitrogen and oxygen atoms in total. The van der Waals surface area contributed by atoms with E-state index in [0.717, 1.165) is 21.4 Å². The van der Waals surface area contributed by atoms with Crippen LogP contribution in [0.15, 0.2) is 59.6 Å². The fourth-order valence-corrected chi connectivity index (χ4v) is 4.42. The number of ether oxygens (including phenoxy) is 1. The fourth-order valence-electron chi connectivity index (χ4n) is 2.16. The highest BCUT2D eigenvalue weighted by Crippen LogP contribution is 2.40. The molecule has 1 aliphatic rings. The number of benzene rings is 2. The molecule has 22 heavy (non-hydrogen) atoms. The topological polar surface area (TPSA) is 38.7 Å². The second-order valence-electron chi connectivity index (χ2n) is 4.73. The molecule has 5 heteroatoms. The van der Waals surface area contributed by atoms with Crippen LogP contribution in [0.2, 0.25) is 0 Å². The van der Waals surface area contributed by atoms with E-state index < -0.39 is 0 Å². The largest absolute Gasteiger partial charge is 0.468 e. The minimum absolute atomic E-state index is 0.252. The molecule has 2 aromatic carbocycles. The number of fused-ring (bicyclic) bond motifs is 1. The lowest BCUT2D eigenvalue weighted by molar-refractivity contribution is -0.140. The predicted molar refractivity (Wildman–Crippen MR) is 93.6 cm³/mol. The zero-order chi connectivity index (χ0) is 15.4. The highest BCUT2D eigenvalue weighted by molar-refractivity contribution is 8.38. The monoisotopic (exact) mass is 329 g/mol. The summed E-state index contributed by atoms with van der Waals surface area (Å²) in [5.74, 6) is 0.628. The summed E-state index contributed by atoms with van der Waals surface area (Å²) >= 11 is 3.12. The third-order valence-corrected chi connectivity index (χ3v) is 5.72. The van der Waals surface area contributed by atoms with E-state index >= 15 is 0 Å². The number of hydrogen-bond donors (Lipinski definition) is 0. The highest BCUT2D eigenvalue weighted by Gasteiger charge is 2.26. The van der Waals surface area contributed by atoms with Crippen molar-refractivity contribution in [3.05, 3.63) is 65.7 Å². The van der Waals surface area contributed by atoms with Gasteiger partial charge in [-0.15, -0.1) is 0 Å². The van der Waals surface area contributed by atoms with Gasteiger partial charge in [0.25, 0.3) is 0 Å². The number of carbonyl (C=O) groups is 1. The first-order valence-electron chi connectivity index (χ1n) is 6.87. The second-order valence-corrected chi connectivity index (χ2v) is 7.04. The molecule has 0 amide bonds. The van der Waals surface area contributed by atoms with Crippen molar-refractivity contribution in [2.75, 3.05) is 7.11 Å². The van der Waals surface area contributed by atoms with E-state index in [1.807, 2.05) is 48.5 Å². The molecule has 2 aromatic rings. The van der Waals surface area contributed by atoms with Crippen LogP contribution in [0.3, 0.4) is 0 Å². The molecule has 0 saturated carbocycles. The Morgan fingerprint density at radius 3 is 2.68 bits per heavy atom. The summed E-state index contributed by atoms with van der Waals surface area (Å²) in [6, 6.07) is 17.8. The summed E-state index contributed by atoms with van der Waals surface area (Å²) in [4.78, 5) is 16.8. The van der Waals surface area contributed by atoms with E-state index in [0.29, 0.717) is 0 Å². The van der Waals surface area contributed by atoms with E-state index in [2.05, 4.69) is 11.1 Å². The van der Waals surface area contributed by atoms with Crippen molar-refractivity contribution in [1.82, 2.24) is 0 Å². The van der Waals surface area contributed by atoms with Crippen LogP contribution >= 0.6 is 23.5 Å². The Morgan fingerprint density at radius 1 is 1.18 bits per heavy atom. The summed E-state index contributed by atoms with van der Waals surface area (Å²) in [5.41, 5.74) is 3.15. The molecule has 0 spiro atoms. The van der Waals surface area contributed by atoms with Crippen LogP contribution in [0.5, 0.6) is 0 Å². The van der Waals surface area contributed by atoms with Gasteiger partial charge in [-0.1, -0.05) is 72.1 Å². The molecule has 0 aliphatic carbocycles. The van der Waals surface area contributed by atoms with Crippen LogP contribution in [0.1, 0.15) is 16.4 Å². The van der Waals surface area contributed by atoms with Crippen molar-refractivity contribution < 1.29 is 9.53 Å². The molecule has 0 fully saturated rings. The van der Waals surface area contributed by atoms with Crippen molar-refractivity contribution in [1.29, 1.82) is 0 Å². The highest BCUT2D eigenvalue weighted by atomic mass is 32.2. The molecular weight excluding hydrogens is 314 g/mol. The van der Waals surface area contributed by atoms with E-state index in [9.17, 15) is 4.79 Å². The molecule has 0 radical (unpaired) electrons. The van der Waals surface area contributed by atoms with Gasteiger partial charge in [0.2, 0.25) is 0 Å². The van der Waals surface area contributed by atoms with Gasteiger partial charge in [-0.25, -0.2) is 4.99 Å².